The molecule has 2 atom stereocenters. The molecule has 2 heterocycles. The van der Waals surface area contributed by atoms with Crippen LogP contribution in [-0.4, -0.2) is 73.4 Å². The highest BCUT2D eigenvalue weighted by Gasteiger charge is 2.50. The molecule has 0 aromatic heterocycles. The molecule has 5 rings (SSSR count). The van der Waals surface area contributed by atoms with Crippen molar-refractivity contribution in [3.05, 3.63) is 65.7 Å². The number of sulfonamides is 1. The zero-order chi connectivity index (χ0) is 23.2. The fraction of sp³-hybridized carbons (Fsp3) is 0.417. The van der Waals surface area contributed by atoms with Crippen molar-refractivity contribution < 1.29 is 22.7 Å². The second-order valence-corrected chi connectivity index (χ2v) is 10.9. The molecular weight excluding hydrogens is 442 g/mol. The lowest BCUT2D eigenvalue weighted by molar-refractivity contribution is -0.132. The van der Waals surface area contributed by atoms with Gasteiger partial charge in [0.25, 0.3) is 0 Å². The largest absolute Gasteiger partial charge is 0.443 e. The Morgan fingerprint density at radius 3 is 2.45 bits per heavy atom. The normalized spacial score (nSPS) is 22.9. The standard InChI is InChI=1S/C24H27N3O5S/c1-25(33(30,31)19-8-3-2-4-9-19)16-22(28)26-13-11-18(12-14-26)27-23-20-10-6-5-7-17(20)15-21(23)32-24(27)29/h2-10,18,21,23H,11-16H2,1H3/t21-,23+/m0/s1. The highest BCUT2D eigenvalue weighted by atomic mass is 32.2. The average Bonchev–Trinajstić information content (AvgIpc) is 3.33. The number of nitrogens with zero attached hydrogens (tertiary/aromatic N) is 3. The topological polar surface area (TPSA) is 87.2 Å². The molecule has 174 valence electrons. The number of benzene rings is 2. The fourth-order valence-corrected chi connectivity index (χ4v) is 6.34. The fourth-order valence-electron chi connectivity index (χ4n) is 5.19. The van der Waals surface area contributed by atoms with Crippen LogP contribution < -0.4 is 0 Å². The van der Waals surface area contributed by atoms with Crippen molar-refractivity contribution in [1.82, 2.24) is 14.1 Å². The summed E-state index contributed by atoms with van der Waals surface area (Å²) in [5.74, 6) is -0.233. The van der Waals surface area contributed by atoms with Crippen LogP contribution in [0.2, 0.25) is 0 Å². The molecule has 1 aliphatic carbocycles. The second-order valence-electron chi connectivity index (χ2n) is 8.86. The van der Waals surface area contributed by atoms with Gasteiger partial charge in [-0.2, -0.15) is 4.31 Å². The summed E-state index contributed by atoms with van der Waals surface area (Å²) in [5.41, 5.74) is 2.37. The summed E-state index contributed by atoms with van der Waals surface area (Å²) in [6.07, 6.45) is 1.59. The summed E-state index contributed by atoms with van der Waals surface area (Å²) in [6, 6.07) is 16.2. The maximum Gasteiger partial charge on any atom is 0.411 e. The van der Waals surface area contributed by atoms with E-state index in [1.165, 1.54) is 24.7 Å². The quantitative estimate of drug-likeness (QED) is 0.671. The highest BCUT2D eigenvalue weighted by molar-refractivity contribution is 7.89. The van der Waals surface area contributed by atoms with Crippen LogP contribution in [0, 0.1) is 0 Å². The number of rotatable bonds is 5. The van der Waals surface area contributed by atoms with Crippen LogP contribution in [0.1, 0.15) is 30.0 Å². The zero-order valence-electron chi connectivity index (χ0n) is 18.5. The molecule has 3 aliphatic rings. The number of likely N-dealkylation sites (N-methyl/N-ethyl adjacent to an activating group) is 1. The lowest BCUT2D eigenvalue weighted by Gasteiger charge is -2.38. The first-order chi connectivity index (χ1) is 15.9. The van der Waals surface area contributed by atoms with Crippen LogP contribution in [0.5, 0.6) is 0 Å². The van der Waals surface area contributed by atoms with E-state index in [1.807, 2.05) is 17.0 Å². The zero-order valence-corrected chi connectivity index (χ0v) is 19.3. The van der Waals surface area contributed by atoms with E-state index in [1.54, 1.807) is 23.1 Å². The van der Waals surface area contributed by atoms with E-state index in [-0.39, 0.29) is 41.6 Å². The molecule has 8 nitrogen and oxygen atoms in total. The Morgan fingerprint density at radius 2 is 1.73 bits per heavy atom. The maximum atomic E-state index is 12.8. The number of likely N-dealkylation sites (tertiary alicyclic amines) is 1. The van der Waals surface area contributed by atoms with E-state index in [0.29, 0.717) is 25.9 Å². The molecule has 0 N–H and O–H groups in total. The van der Waals surface area contributed by atoms with Crippen LogP contribution in [0.15, 0.2) is 59.5 Å². The molecule has 2 aliphatic heterocycles. The summed E-state index contributed by atoms with van der Waals surface area (Å²) >= 11 is 0. The number of hydrogen-bond donors (Lipinski definition) is 0. The minimum Gasteiger partial charge on any atom is -0.443 e. The van der Waals surface area contributed by atoms with E-state index in [2.05, 4.69) is 12.1 Å². The number of carbonyl (C=O) groups excluding carboxylic acids is 2. The minimum atomic E-state index is -3.73. The third kappa shape index (κ3) is 3.89. The number of hydrogen-bond acceptors (Lipinski definition) is 5. The van der Waals surface area contributed by atoms with Crippen molar-refractivity contribution in [2.24, 2.45) is 0 Å². The Kier molecular flexibility index (Phi) is 5.62. The van der Waals surface area contributed by atoms with E-state index in [9.17, 15) is 18.0 Å². The summed E-state index contributed by atoms with van der Waals surface area (Å²) < 4.78 is 32.2. The van der Waals surface area contributed by atoms with Crippen molar-refractivity contribution >= 4 is 22.0 Å². The Morgan fingerprint density at radius 1 is 1.06 bits per heavy atom. The smallest absolute Gasteiger partial charge is 0.411 e. The molecule has 0 unspecified atom stereocenters. The Labute approximate surface area is 193 Å². The van der Waals surface area contributed by atoms with Crippen LogP contribution in [-0.2, 0) is 26.0 Å². The first-order valence-corrected chi connectivity index (χ1v) is 12.7. The molecule has 0 spiro atoms. The van der Waals surface area contributed by atoms with Gasteiger partial charge in [0.2, 0.25) is 15.9 Å². The Hall–Kier alpha value is -2.91. The molecule has 0 saturated carbocycles. The van der Waals surface area contributed by atoms with E-state index >= 15 is 0 Å². The van der Waals surface area contributed by atoms with E-state index < -0.39 is 10.0 Å². The van der Waals surface area contributed by atoms with Gasteiger partial charge in [-0.1, -0.05) is 42.5 Å². The van der Waals surface area contributed by atoms with Gasteiger partial charge in [-0.05, 0) is 36.1 Å². The second kappa shape index (κ2) is 8.46. The molecule has 0 bridgehead atoms. The molecule has 2 amide bonds. The molecule has 33 heavy (non-hydrogen) atoms. The van der Waals surface area contributed by atoms with E-state index in [4.69, 9.17) is 4.74 Å². The molecule has 2 aromatic rings. The molecule has 2 fully saturated rings. The number of carbonyl (C=O) groups is 2. The van der Waals surface area contributed by atoms with Crippen LogP contribution in [0.4, 0.5) is 4.79 Å². The minimum absolute atomic E-state index is 0.00603. The first-order valence-electron chi connectivity index (χ1n) is 11.2. The SMILES string of the molecule is CN(CC(=O)N1CCC(N2C(=O)O[C@H]3Cc4ccccc4[C@H]32)CC1)S(=O)(=O)c1ccccc1. The van der Waals surface area contributed by atoms with Crippen molar-refractivity contribution in [2.45, 2.75) is 42.3 Å². The maximum absolute atomic E-state index is 12.8. The summed E-state index contributed by atoms with van der Waals surface area (Å²) in [4.78, 5) is 29.2. The lowest BCUT2D eigenvalue weighted by Crippen LogP contribution is -2.50. The monoisotopic (exact) mass is 469 g/mol. The predicted octanol–water partition coefficient (Wildman–Crippen LogP) is 2.42. The third-order valence-electron chi connectivity index (χ3n) is 6.93. The van der Waals surface area contributed by atoms with Gasteiger partial charge in [0.15, 0.2) is 0 Å². The van der Waals surface area contributed by atoms with E-state index in [0.717, 1.165) is 16.3 Å². The van der Waals surface area contributed by atoms with Gasteiger partial charge in [-0.15, -0.1) is 0 Å². The van der Waals surface area contributed by atoms with Crippen molar-refractivity contribution in [3.63, 3.8) is 0 Å². The average molecular weight is 470 g/mol. The highest BCUT2D eigenvalue weighted by Crippen LogP contribution is 2.44. The van der Waals surface area contributed by atoms with Crippen molar-refractivity contribution in [3.8, 4) is 0 Å². The summed E-state index contributed by atoms with van der Waals surface area (Å²) in [5, 5.41) is 0. The van der Waals surface area contributed by atoms with Gasteiger partial charge >= 0.3 is 6.09 Å². The Balaban J connectivity index is 1.22. The van der Waals surface area contributed by atoms with Gasteiger partial charge in [0.1, 0.15) is 6.10 Å². The molecular formula is C24H27N3O5S. The van der Waals surface area contributed by atoms with Crippen molar-refractivity contribution in [2.75, 3.05) is 26.7 Å². The van der Waals surface area contributed by atoms with Gasteiger partial charge < -0.3 is 9.64 Å². The number of fused-ring (bicyclic) bond motifs is 3. The van der Waals surface area contributed by atoms with Gasteiger partial charge in [0.05, 0.1) is 17.5 Å². The number of ether oxygens (including phenoxy) is 1. The molecule has 9 heteroatoms. The summed E-state index contributed by atoms with van der Waals surface area (Å²) in [6.45, 7) is 0.739. The van der Waals surface area contributed by atoms with Crippen LogP contribution in [0.3, 0.4) is 0 Å². The number of piperidine rings is 1. The van der Waals surface area contributed by atoms with Crippen molar-refractivity contribution in [1.29, 1.82) is 0 Å². The Bertz CT molecular complexity index is 1160. The number of amides is 2. The first kappa shape index (κ1) is 21.9. The predicted molar refractivity (Wildman–Crippen MR) is 121 cm³/mol. The van der Waals surface area contributed by atoms with Crippen LogP contribution >= 0.6 is 0 Å². The third-order valence-corrected chi connectivity index (χ3v) is 8.75. The molecule has 2 saturated heterocycles. The van der Waals surface area contributed by atoms with Gasteiger partial charge in [0, 0.05) is 32.6 Å². The van der Waals surface area contributed by atoms with Crippen LogP contribution in [0.25, 0.3) is 0 Å². The summed E-state index contributed by atoms with van der Waals surface area (Å²) in [7, 11) is -2.30. The van der Waals surface area contributed by atoms with Gasteiger partial charge in [-0.3, -0.25) is 9.69 Å². The van der Waals surface area contributed by atoms with Gasteiger partial charge in [-0.25, -0.2) is 13.2 Å². The molecule has 0 radical (unpaired) electrons. The molecule has 2 aromatic carbocycles. The lowest BCUT2D eigenvalue weighted by atomic mass is 9.99.